The van der Waals surface area contributed by atoms with Crippen LogP contribution in [0.1, 0.15) is 19.4 Å². The average Bonchev–Trinajstić information content (AvgIpc) is 2.29. The molecule has 1 rings (SSSR count). The predicted molar refractivity (Wildman–Crippen MR) is 68.0 cm³/mol. The van der Waals surface area contributed by atoms with Crippen LogP contribution in [0, 0.1) is 0 Å². The van der Waals surface area contributed by atoms with Crippen molar-refractivity contribution in [2.75, 3.05) is 19.6 Å². The predicted octanol–water partition coefficient (Wildman–Crippen LogP) is 2.79. The van der Waals surface area contributed by atoms with Crippen LogP contribution in [0.15, 0.2) is 24.3 Å². The van der Waals surface area contributed by atoms with Gasteiger partial charge in [0.15, 0.2) is 5.78 Å². The zero-order valence-electron chi connectivity index (χ0n) is 9.87. The number of ketones is 1. The summed E-state index contributed by atoms with van der Waals surface area (Å²) in [5.41, 5.74) is 0.918. The van der Waals surface area contributed by atoms with Crippen molar-refractivity contribution < 1.29 is 4.79 Å². The van der Waals surface area contributed by atoms with Gasteiger partial charge in [-0.1, -0.05) is 43.6 Å². The minimum absolute atomic E-state index is 0.219. The maximum Gasteiger partial charge on any atom is 0.151 e. The first-order chi connectivity index (χ1) is 7.67. The van der Waals surface area contributed by atoms with Crippen LogP contribution in [-0.4, -0.2) is 30.3 Å². The molecule has 0 aliphatic carbocycles. The van der Waals surface area contributed by atoms with E-state index in [2.05, 4.69) is 18.7 Å². The van der Waals surface area contributed by atoms with Gasteiger partial charge in [-0.05, 0) is 24.7 Å². The summed E-state index contributed by atoms with van der Waals surface area (Å²) in [5, 5.41) is 0.676. The molecule has 2 nitrogen and oxygen atoms in total. The number of hydrogen-bond donors (Lipinski definition) is 0. The van der Waals surface area contributed by atoms with Crippen molar-refractivity contribution in [3.8, 4) is 0 Å². The largest absolute Gasteiger partial charge is 0.298 e. The van der Waals surface area contributed by atoms with E-state index in [1.165, 1.54) is 0 Å². The molecule has 0 heterocycles. The number of Topliss-reactive ketones (excluding diaryl/α,β-unsaturated/α-hetero) is 1. The highest BCUT2D eigenvalue weighted by atomic mass is 35.5. The lowest BCUT2D eigenvalue weighted by Gasteiger charge is -2.16. The Morgan fingerprint density at radius 1 is 1.25 bits per heavy atom. The van der Waals surface area contributed by atoms with Gasteiger partial charge in [0.2, 0.25) is 0 Å². The topological polar surface area (TPSA) is 20.3 Å². The Balaban J connectivity index is 2.55. The molecular weight excluding hydrogens is 222 g/mol. The maximum atomic E-state index is 11.8. The average molecular weight is 240 g/mol. The molecule has 0 N–H and O–H groups in total. The van der Waals surface area contributed by atoms with Crippen molar-refractivity contribution in [1.29, 1.82) is 0 Å². The minimum Gasteiger partial charge on any atom is -0.298 e. The summed E-state index contributed by atoms with van der Waals surface area (Å²) in [6.07, 6.45) is 0.427. The van der Waals surface area contributed by atoms with Crippen LogP contribution in [0.25, 0.3) is 0 Å². The van der Waals surface area contributed by atoms with Gasteiger partial charge in [-0.3, -0.25) is 9.69 Å². The number of rotatable bonds is 6. The summed E-state index contributed by atoms with van der Waals surface area (Å²) >= 11 is 6.01. The van der Waals surface area contributed by atoms with Crippen molar-refractivity contribution >= 4 is 17.4 Å². The molecule has 0 saturated carbocycles. The number of halogens is 1. The fourth-order valence-electron chi connectivity index (χ4n) is 1.61. The number of likely N-dealkylation sites (N-methyl/N-ethyl adjacent to an activating group) is 1. The first-order valence-corrected chi connectivity index (χ1v) is 6.02. The standard InChI is InChI=1S/C13H18ClNO/c1-3-15(4-2)10-12(16)9-11-7-5-6-8-13(11)14/h5-8H,3-4,9-10H2,1-2H3. The Hall–Kier alpha value is -0.860. The molecule has 0 spiro atoms. The van der Waals surface area contributed by atoms with Gasteiger partial charge in [0.1, 0.15) is 0 Å². The molecular formula is C13H18ClNO. The second-order valence-corrected chi connectivity index (χ2v) is 4.18. The summed E-state index contributed by atoms with van der Waals surface area (Å²) in [5.74, 6) is 0.219. The van der Waals surface area contributed by atoms with E-state index in [1.54, 1.807) is 0 Å². The van der Waals surface area contributed by atoms with Gasteiger partial charge >= 0.3 is 0 Å². The summed E-state index contributed by atoms with van der Waals surface area (Å²) in [7, 11) is 0. The van der Waals surface area contributed by atoms with E-state index in [1.807, 2.05) is 24.3 Å². The normalized spacial score (nSPS) is 10.8. The van der Waals surface area contributed by atoms with Gasteiger partial charge in [-0.2, -0.15) is 0 Å². The molecule has 3 heteroatoms. The lowest BCUT2D eigenvalue weighted by Crippen LogP contribution is -2.30. The van der Waals surface area contributed by atoms with Crippen LogP contribution in [0.3, 0.4) is 0 Å². The van der Waals surface area contributed by atoms with Crippen LogP contribution in [0.5, 0.6) is 0 Å². The zero-order valence-corrected chi connectivity index (χ0v) is 10.6. The summed E-state index contributed by atoms with van der Waals surface area (Å²) in [6.45, 7) is 6.45. The highest BCUT2D eigenvalue weighted by Crippen LogP contribution is 2.15. The lowest BCUT2D eigenvalue weighted by atomic mass is 10.1. The van der Waals surface area contributed by atoms with Gasteiger partial charge in [0.05, 0.1) is 6.54 Å². The van der Waals surface area contributed by atoms with E-state index < -0.39 is 0 Å². The van der Waals surface area contributed by atoms with Crippen LogP contribution < -0.4 is 0 Å². The zero-order chi connectivity index (χ0) is 12.0. The molecule has 1 aromatic rings. The maximum absolute atomic E-state index is 11.8. The fourth-order valence-corrected chi connectivity index (χ4v) is 1.81. The Bertz CT molecular complexity index is 348. The monoisotopic (exact) mass is 239 g/mol. The molecule has 0 fully saturated rings. The van der Waals surface area contributed by atoms with E-state index >= 15 is 0 Å². The number of carbonyl (C=O) groups is 1. The number of hydrogen-bond acceptors (Lipinski definition) is 2. The molecule has 0 atom stereocenters. The van der Waals surface area contributed by atoms with Gasteiger partial charge in [0, 0.05) is 11.4 Å². The summed E-state index contributed by atoms with van der Waals surface area (Å²) in [6, 6.07) is 7.51. The molecule has 0 radical (unpaired) electrons. The second kappa shape index (κ2) is 6.66. The molecule has 0 unspecified atom stereocenters. The van der Waals surface area contributed by atoms with Crippen molar-refractivity contribution in [2.24, 2.45) is 0 Å². The number of carbonyl (C=O) groups excluding carboxylic acids is 1. The van der Waals surface area contributed by atoms with E-state index in [4.69, 9.17) is 11.6 Å². The van der Waals surface area contributed by atoms with Crippen molar-refractivity contribution in [3.05, 3.63) is 34.9 Å². The third-order valence-electron chi connectivity index (χ3n) is 2.64. The van der Waals surface area contributed by atoms with E-state index in [9.17, 15) is 4.79 Å². The third-order valence-corrected chi connectivity index (χ3v) is 3.01. The van der Waals surface area contributed by atoms with Crippen molar-refractivity contribution in [3.63, 3.8) is 0 Å². The summed E-state index contributed by atoms with van der Waals surface area (Å²) in [4.78, 5) is 13.9. The Labute approximate surface area is 102 Å². The quantitative estimate of drug-likeness (QED) is 0.761. The Morgan fingerprint density at radius 2 is 1.88 bits per heavy atom. The van der Waals surface area contributed by atoms with Gasteiger partial charge in [-0.25, -0.2) is 0 Å². The molecule has 0 aliphatic heterocycles. The number of benzene rings is 1. The van der Waals surface area contributed by atoms with Crippen LogP contribution in [-0.2, 0) is 11.2 Å². The third kappa shape index (κ3) is 3.95. The van der Waals surface area contributed by atoms with E-state index in [0.29, 0.717) is 18.0 Å². The first-order valence-electron chi connectivity index (χ1n) is 5.64. The Morgan fingerprint density at radius 3 is 2.44 bits per heavy atom. The molecule has 0 saturated heterocycles. The molecule has 0 bridgehead atoms. The lowest BCUT2D eigenvalue weighted by molar-refractivity contribution is -0.119. The van der Waals surface area contributed by atoms with E-state index in [-0.39, 0.29) is 5.78 Å². The number of nitrogens with zero attached hydrogens (tertiary/aromatic N) is 1. The second-order valence-electron chi connectivity index (χ2n) is 3.77. The van der Waals surface area contributed by atoms with Gasteiger partial charge in [0.25, 0.3) is 0 Å². The van der Waals surface area contributed by atoms with Gasteiger partial charge in [-0.15, -0.1) is 0 Å². The van der Waals surface area contributed by atoms with Crippen molar-refractivity contribution in [2.45, 2.75) is 20.3 Å². The van der Waals surface area contributed by atoms with Crippen molar-refractivity contribution in [1.82, 2.24) is 4.90 Å². The highest BCUT2D eigenvalue weighted by Gasteiger charge is 2.09. The molecule has 88 valence electrons. The van der Waals surface area contributed by atoms with Crippen LogP contribution in [0.2, 0.25) is 5.02 Å². The Kier molecular flexibility index (Phi) is 5.50. The SMILES string of the molecule is CCN(CC)CC(=O)Cc1ccccc1Cl. The van der Waals surface area contributed by atoms with Gasteiger partial charge < -0.3 is 0 Å². The van der Waals surface area contributed by atoms with Crippen LogP contribution in [0.4, 0.5) is 0 Å². The molecule has 0 aromatic heterocycles. The summed E-state index contributed by atoms with van der Waals surface area (Å²) < 4.78 is 0. The van der Waals surface area contributed by atoms with Crippen LogP contribution >= 0.6 is 11.6 Å². The fraction of sp³-hybridized carbons (Fsp3) is 0.462. The minimum atomic E-state index is 0.219. The highest BCUT2D eigenvalue weighted by molar-refractivity contribution is 6.31. The molecule has 1 aromatic carbocycles. The van der Waals surface area contributed by atoms with E-state index in [0.717, 1.165) is 18.7 Å². The first kappa shape index (κ1) is 13.2. The molecule has 0 aliphatic rings. The molecule has 16 heavy (non-hydrogen) atoms. The molecule has 0 amide bonds. The smallest absolute Gasteiger partial charge is 0.151 e.